The topological polar surface area (TPSA) is 55.6 Å². The molecule has 2 aromatic heterocycles. The van der Waals surface area contributed by atoms with Crippen LogP contribution >= 0.6 is 11.3 Å². The number of para-hydroxylation sites is 1. The molecule has 0 unspecified atom stereocenters. The Kier molecular flexibility index (Phi) is 4.60. The van der Waals surface area contributed by atoms with Gasteiger partial charge in [-0.1, -0.05) is 24.3 Å². The Morgan fingerprint density at radius 1 is 1.22 bits per heavy atom. The van der Waals surface area contributed by atoms with Crippen LogP contribution in [0.2, 0.25) is 0 Å². The molecule has 4 aromatic rings. The van der Waals surface area contributed by atoms with Gasteiger partial charge in [-0.15, -0.1) is 11.3 Å². The van der Waals surface area contributed by atoms with E-state index < -0.39 is 11.9 Å². The zero-order chi connectivity index (χ0) is 18.8. The smallest absolute Gasteiger partial charge is 0.265 e. The van der Waals surface area contributed by atoms with Crippen LogP contribution in [0.4, 0.5) is 10.1 Å². The molecule has 1 amide bonds. The summed E-state index contributed by atoms with van der Waals surface area (Å²) in [6.07, 6.45) is 3.09. The Morgan fingerprint density at radius 3 is 2.74 bits per heavy atom. The Morgan fingerprint density at radius 2 is 2.00 bits per heavy atom. The van der Waals surface area contributed by atoms with E-state index in [9.17, 15) is 9.18 Å². The lowest BCUT2D eigenvalue weighted by Gasteiger charge is -2.15. The van der Waals surface area contributed by atoms with Crippen molar-refractivity contribution in [3.05, 3.63) is 72.1 Å². The molecule has 1 N–H and O–H groups in total. The Bertz CT molecular complexity index is 1060. The molecule has 5 nitrogen and oxygen atoms in total. The second kappa shape index (κ2) is 7.20. The number of ether oxygens (including phenoxy) is 1. The largest absolute Gasteiger partial charge is 0.478 e. The minimum atomic E-state index is -0.832. The van der Waals surface area contributed by atoms with E-state index in [-0.39, 0.29) is 11.7 Å². The second-order valence-corrected chi connectivity index (χ2v) is 6.85. The number of anilines is 1. The molecular weight excluding hydrogens is 365 g/mol. The van der Waals surface area contributed by atoms with Crippen LogP contribution in [0.5, 0.6) is 5.75 Å². The van der Waals surface area contributed by atoms with Gasteiger partial charge in [-0.3, -0.25) is 9.20 Å². The SMILES string of the molecule is C[C@H](Oc1ccccc1F)C(=O)Nc1ccc(-c2cn3ccsc3n2)cc1. The van der Waals surface area contributed by atoms with Gasteiger partial charge in [0.25, 0.3) is 5.91 Å². The van der Waals surface area contributed by atoms with Crippen LogP contribution < -0.4 is 10.1 Å². The zero-order valence-corrected chi connectivity index (χ0v) is 15.2. The highest BCUT2D eigenvalue weighted by molar-refractivity contribution is 7.15. The fraction of sp³-hybridized carbons (Fsp3) is 0.100. The molecule has 0 aliphatic carbocycles. The van der Waals surface area contributed by atoms with Crippen LogP contribution in [-0.4, -0.2) is 21.4 Å². The molecule has 1 atom stereocenters. The van der Waals surface area contributed by atoms with Crippen LogP contribution in [0.15, 0.2) is 66.3 Å². The number of hydrogen-bond donors (Lipinski definition) is 1. The van der Waals surface area contributed by atoms with Crippen molar-refractivity contribution in [2.75, 3.05) is 5.32 Å². The van der Waals surface area contributed by atoms with E-state index in [1.807, 2.05) is 34.3 Å². The maximum absolute atomic E-state index is 13.6. The van der Waals surface area contributed by atoms with E-state index in [1.165, 1.54) is 12.1 Å². The maximum atomic E-state index is 13.6. The van der Waals surface area contributed by atoms with Crippen molar-refractivity contribution in [2.45, 2.75) is 13.0 Å². The van der Waals surface area contributed by atoms with Crippen molar-refractivity contribution in [2.24, 2.45) is 0 Å². The van der Waals surface area contributed by atoms with Gasteiger partial charge in [0, 0.05) is 29.0 Å². The van der Waals surface area contributed by atoms with Crippen LogP contribution in [0.25, 0.3) is 16.2 Å². The highest BCUT2D eigenvalue weighted by Gasteiger charge is 2.16. The first-order valence-corrected chi connectivity index (χ1v) is 9.23. The predicted octanol–water partition coefficient (Wildman–Crippen LogP) is 4.61. The van der Waals surface area contributed by atoms with Crippen LogP contribution in [0, 0.1) is 5.82 Å². The van der Waals surface area contributed by atoms with Crippen LogP contribution in [0.1, 0.15) is 6.92 Å². The lowest BCUT2D eigenvalue weighted by Crippen LogP contribution is -2.30. The van der Waals surface area contributed by atoms with Gasteiger partial charge in [0.2, 0.25) is 0 Å². The highest BCUT2D eigenvalue weighted by Crippen LogP contribution is 2.23. The Hall–Kier alpha value is -3.19. The van der Waals surface area contributed by atoms with E-state index in [4.69, 9.17) is 4.74 Å². The molecule has 0 bridgehead atoms. The molecule has 136 valence electrons. The molecule has 4 rings (SSSR count). The first kappa shape index (κ1) is 17.2. The maximum Gasteiger partial charge on any atom is 0.265 e. The molecule has 0 saturated heterocycles. The van der Waals surface area contributed by atoms with Crippen molar-refractivity contribution >= 4 is 27.9 Å². The predicted molar refractivity (Wildman–Crippen MR) is 104 cm³/mol. The number of carbonyl (C=O) groups is 1. The number of thiazole rings is 1. The summed E-state index contributed by atoms with van der Waals surface area (Å²) in [6, 6.07) is 13.4. The Balaban J connectivity index is 1.42. The van der Waals surface area contributed by atoms with Gasteiger partial charge in [0.1, 0.15) is 0 Å². The number of hydrogen-bond acceptors (Lipinski definition) is 4. The fourth-order valence-electron chi connectivity index (χ4n) is 2.62. The molecule has 0 saturated carbocycles. The normalized spacial score (nSPS) is 12.1. The average molecular weight is 381 g/mol. The average Bonchev–Trinajstić information content (AvgIpc) is 3.26. The molecule has 0 aliphatic heterocycles. The number of benzene rings is 2. The minimum Gasteiger partial charge on any atom is -0.478 e. The molecule has 2 heterocycles. The fourth-order valence-corrected chi connectivity index (χ4v) is 3.32. The lowest BCUT2D eigenvalue weighted by molar-refractivity contribution is -0.122. The molecule has 27 heavy (non-hydrogen) atoms. The molecule has 0 radical (unpaired) electrons. The first-order chi connectivity index (χ1) is 13.1. The summed E-state index contributed by atoms with van der Waals surface area (Å²) < 4.78 is 21.0. The third-order valence-corrected chi connectivity index (χ3v) is 4.82. The first-order valence-electron chi connectivity index (χ1n) is 8.35. The summed E-state index contributed by atoms with van der Waals surface area (Å²) in [5.74, 6) is -0.801. The lowest BCUT2D eigenvalue weighted by atomic mass is 10.1. The summed E-state index contributed by atoms with van der Waals surface area (Å²) in [4.78, 5) is 17.8. The van der Waals surface area contributed by atoms with Crippen LogP contribution in [-0.2, 0) is 4.79 Å². The third kappa shape index (κ3) is 3.68. The molecule has 2 aromatic carbocycles. The van der Waals surface area contributed by atoms with E-state index in [0.717, 1.165) is 16.2 Å². The van der Waals surface area contributed by atoms with Crippen molar-refractivity contribution in [3.63, 3.8) is 0 Å². The number of rotatable bonds is 5. The van der Waals surface area contributed by atoms with Gasteiger partial charge in [0.15, 0.2) is 22.6 Å². The van der Waals surface area contributed by atoms with Crippen molar-refractivity contribution in [3.8, 4) is 17.0 Å². The van der Waals surface area contributed by atoms with Gasteiger partial charge in [-0.2, -0.15) is 0 Å². The van der Waals surface area contributed by atoms with Crippen molar-refractivity contribution < 1.29 is 13.9 Å². The van der Waals surface area contributed by atoms with Gasteiger partial charge in [-0.25, -0.2) is 9.37 Å². The summed E-state index contributed by atoms with van der Waals surface area (Å²) >= 11 is 1.57. The quantitative estimate of drug-likeness (QED) is 0.549. The number of amides is 1. The molecule has 0 spiro atoms. The van der Waals surface area contributed by atoms with Gasteiger partial charge < -0.3 is 10.1 Å². The number of halogens is 1. The summed E-state index contributed by atoms with van der Waals surface area (Å²) in [7, 11) is 0. The number of fused-ring (bicyclic) bond motifs is 1. The summed E-state index contributed by atoms with van der Waals surface area (Å²) in [6.45, 7) is 1.58. The number of nitrogens with one attached hydrogen (secondary N) is 1. The molecular formula is C20H16FN3O2S. The number of imidazole rings is 1. The number of carbonyl (C=O) groups excluding carboxylic acids is 1. The van der Waals surface area contributed by atoms with E-state index in [2.05, 4.69) is 10.3 Å². The third-order valence-electron chi connectivity index (χ3n) is 4.05. The van der Waals surface area contributed by atoms with Crippen LogP contribution in [0.3, 0.4) is 0 Å². The van der Waals surface area contributed by atoms with Crippen molar-refractivity contribution in [1.29, 1.82) is 0 Å². The van der Waals surface area contributed by atoms with E-state index >= 15 is 0 Å². The summed E-state index contributed by atoms with van der Waals surface area (Å²) in [5, 5.41) is 4.75. The molecule has 7 heteroatoms. The standard InChI is InChI=1S/C20H16FN3O2S/c1-13(26-18-5-3-2-4-16(18)21)19(25)22-15-8-6-14(7-9-15)17-12-24-10-11-27-20(24)23-17/h2-13H,1H3,(H,22,25)/t13-/m0/s1. The number of aromatic nitrogens is 2. The van der Waals surface area contributed by atoms with Crippen molar-refractivity contribution in [1.82, 2.24) is 9.38 Å². The van der Waals surface area contributed by atoms with E-state index in [1.54, 1.807) is 42.5 Å². The zero-order valence-electron chi connectivity index (χ0n) is 14.4. The highest BCUT2D eigenvalue weighted by atomic mass is 32.1. The molecule has 0 fully saturated rings. The van der Waals surface area contributed by atoms with Gasteiger partial charge in [0.05, 0.1) is 5.69 Å². The van der Waals surface area contributed by atoms with Gasteiger partial charge in [-0.05, 0) is 31.2 Å². The second-order valence-electron chi connectivity index (χ2n) is 5.98. The Labute approximate surface area is 159 Å². The summed E-state index contributed by atoms with van der Waals surface area (Å²) in [5.41, 5.74) is 2.46. The van der Waals surface area contributed by atoms with Gasteiger partial charge >= 0.3 is 0 Å². The monoisotopic (exact) mass is 381 g/mol. The minimum absolute atomic E-state index is 0.0512. The van der Waals surface area contributed by atoms with E-state index in [0.29, 0.717) is 5.69 Å². The molecule has 0 aliphatic rings. The number of nitrogens with zero attached hydrogens (tertiary/aromatic N) is 2.